The number of esters is 1. The van der Waals surface area contributed by atoms with E-state index in [1.807, 2.05) is 0 Å². The summed E-state index contributed by atoms with van der Waals surface area (Å²) < 4.78 is 16.3. The number of ether oxygens (including phenoxy) is 3. The zero-order valence-electron chi connectivity index (χ0n) is 15.5. The number of carboxylic acid groups (broad SMARTS) is 1. The summed E-state index contributed by atoms with van der Waals surface area (Å²) in [5.41, 5.74) is -0.750. The first-order valence-electron chi connectivity index (χ1n) is 8.78. The van der Waals surface area contributed by atoms with Crippen molar-refractivity contribution in [1.82, 2.24) is 0 Å². The summed E-state index contributed by atoms with van der Waals surface area (Å²) in [7, 11) is 3.93. The molecule has 146 valence electrons. The second kappa shape index (κ2) is 9.05. The van der Waals surface area contributed by atoms with Gasteiger partial charge in [0.05, 0.1) is 37.7 Å². The number of nitrogens with zero attached hydrogens (tertiary/aromatic N) is 1. The van der Waals surface area contributed by atoms with E-state index in [1.165, 1.54) is 13.2 Å². The van der Waals surface area contributed by atoms with E-state index in [0.29, 0.717) is 36.7 Å². The normalized spacial score (nSPS) is 21.8. The van der Waals surface area contributed by atoms with Crippen molar-refractivity contribution in [2.75, 3.05) is 13.7 Å². The summed E-state index contributed by atoms with van der Waals surface area (Å²) in [4.78, 5) is 23.7. The molecule has 2 rings (SSSR count). The van der Waals surface area contributed by atoms with Gasteiger partial charge in [-0.3, -0.25) is 4.79 Å². The maximum Gasteiger partial charge on any atom is 0.339 e. The molecule has 0 heterocycles. The van der Waals surface area contributed by atoms with Crippen molar-refractivity contribution < 1.29 is 28.9 Å². The van der Waals surface area contributed by atoms with Gasteiger partial charge in [-0.2, -0.15) is 5.26 Å². The number of carbonyl (C=O) groups excluding carboxylic acids is 1. The smallest absolute Gasteiger partial charge is 0.339 e. The molecule has 0 saturated heterocycles. The zero-order chi connectivity index (χ0) is 20.0. The van der Waals surface area contributed by atoms with Gasteiger partial charge in [-0.05, 0) is 44.7 Å². The second-order valence-electron chi connectivity index (χ2n) is 6.55. The van der Waals surface area contributed by atoms with E-state index in [2.05, 4.69) is 15.3 Å². The Morgan fingerprint density at radius 3 is 2.52 bits per heavy atom. The predicted octanol–water partition coefficient (Wildman–Crippen LogP) is 2.68. The van der Waals surface area contributed by atoms with Crippen LogP contribution in [0.25, 0.3) is 0 Å². The number of aromatic carboxylic acids is 1. The Hall–Kier alpha value is -2.32. The highest BCUT2D eigenvalue weighted by Crippen LogP contribution is 2.41. The summed E-state index contributed by atoms with van der Waals surface area (Å²) in [5.74, 6) is -0.707. The Labute approximate surface area is 160 Å². The molecule has 1 saturated carbocycles. The molecule has 0 spiro atoms. The molecule has 0 bridgehead atoms. The van der Waals surface area contributed by atoms with E-state index in [-0.39, 0.29) is 36.4 Å². The van der Waals surface area contributed by atoms with Crippen molar-refractivity contribution in [3.05, 3.63) is 17.7 Å². The molecule has 0 radical (unpaired) electrons. The number of nitriles is 1. The van der Waals surface area contributed by atoms with Gasteiger partial charge in [0.25, 0.3) is 0 Å². The molecule has 7 nitrogen and oxygen atoms in total. The first-order chi connectivity index (χ1) is 12.9. The van der Waals surface area contributed by atoms with Crippen LogP contribution in [0.3, 0.4) is 0 Å². The number of hydrogen-bond acceptors (Lipinski definition) is 6. The highest BCUT2D eigenvalue weighted by Gasteiger charge is 2.43. The molecule has 8 heteroatoms. The summed E-state index contributed by atoms with van der Waals surface area (Å²) in [6.45, 7) is 2.03. The Bertz CT molecular complexity index is 749. The van der Waals surface area contributed by atoms with Gasteiger partial charge in [0.15, 0.2) is 0 Å². The van der Waals surface area contributed by atoms with Crippen LogP contribution in [0.1, 0.15) is 49.4 Å². The molecule has 1 aromatic carbocycles. The minimum absolute atomic E-state index is 0.0276. The summed E-state index contributed by atoms with van der Waals surface area (Å²) in [6.07, 6.45) is 2.12. The number of carboxylic acids is 1. The van der Waals surface area contributed by atoms with Crippen LogP contribution < -0.4 is 14.8 Å². The number of hydrogen-bond donors (Lipinski definition) is 1. The monoisotopic (exact) mass is 393 g/mol. The largest absolute Gasteiger partial charge is 0.496 e. The molecule has 1 N–H and O–H groups in total. The molecule has 0 aliphatic heterocycles. The van der Waals surface area contributed by atoms with Gasteiger partial charge in [-0.25, -0.2) is 4.79 Å². The van der Waals surface area contributed by atoms with E-state index >= 15 is 0 Å². The summed E-state index contributed by atoms with van der Waals surface area (Å²) in [5, 5.41) is 19.1. The van der Waals surface area contributed by atoms with Crippen LogP contribution in [-0.2, 0) is 9.53 Å². The molecule has 1 fully saturated rings. The van der Waals surface area contributed by atoms with Gasteiger partial charge < -0.3 is 19.3 Å². The first kappa shape index (κ1) is 21.0. The average molecular weight is 393 g/mol. The van der Waals surface area contributed by atoms with Crippen molar-refractivity contribution >= 4 is 26.5 Å². The number of rotatable bonds is 7. The van der Waals surface area contributed by atoms with Crippen LogP contribution in [-0.4, -0.2) is 36.9 Å². The van der Waals surface area contributed by atoms with E-state index in [1.54, 1.807) is 13.0 Å². The highest BCUT2D eigenvalue weighted by molar-refractivity contribution is 7.27. The molecule has 27 heavy (non-hydrogen) atoms. The van der Waals surface area contributed by atoms with Crippen LogP contribution in [0.2, 0.25) is 0 Å². The fourth-order valence-electron chi connectivity index (χ4n) is 3.34. The third kappa shape index (κ3) is 4.70. The van der Waals surface area contributed by atoms with E-state index < -0.39 is 11.4 Å². The molecule has 1 aliphatic carbocycles. The van der Waals surface area contributed by atoms with E-state index in [4.69, 9.17) is 19.5 Å². The minimum atomic E-state index is -1.10. The van der Waals surface area contributed by atoms with Crippen LogP contribution in [0.15, 0.2) is 12.1 Å². The maximum atomic E-state index is 12.3. The van der Waals surface area contributed by atoms with Crippen LogP contribution in [0, 0.1) is 16.7 Å². The van der Waals surface area contributed by atoms with Gasteiger partial charge in [-0.15, -0.1) is 9.24 Å². The summed E-state index contributed by atoms with van der Waals surface area (Å²) >= 11 is 0. The molecule has 1 atom stereocenters. The lowest BCUT2D eigenvalue weighted by molar-refractivity contribution is -0.158. The first-order valence-corrected chi connectivity index (χ1v) is 9.36. The number of carbonyl (C=O) groups is 2. The maximum absolute atomic E-state index is 12.3. The van der Waals surface area contributed by atoms with E-state index in [0.717, 1.165) is 0 Å². The van der Waals surface area contributed by atoms with E-state index in [9.17, 15) is 14.7 Å². The van der Waals surface area contributed by atoms with Gasteiger partial charge >= 0.3 is 11.9 Å². The lowest BCUT2D eigenvalue weighted by Crippen LogP contribution is -2.39. The van der Waals surface area contributed by atoms with Gasteiger partial charge in [0.2, 0.25) is 0 Å². The second-order valence-corrected chi connectivity index (χ2v) is 7.17. The average Bonchev–Trinajstić information content (AvgIpc) is 2.64. The van der Waals surface area contributed by atoms with Crippen molar-refractivity contribution in [1.29, 1.82) is 5.26 Å². The quantitative estimate of drug-likeness (QED) is 0.561. The fourth-order valence-corrected chi connectivity index (χ4v) is 3.65. The molecular weight excluding hydrogens is 369 g/mol. The molecule has 0 amide bonds. The molecule has 0 aromatic heterocycles. The highest BCUT2D eigenvalue weighted by atomic mass is 31.0. The van der Waals surface area contributed by atoms with Crippen LogP contribution >= 0.6 is 9.24 Å². The molecule has 1 aromatic rings. The SMILES string of the molecule is CCOC(=O)[C@]1(CC#N)CC[C@@H](Oc2cc(C(=O)O)c(OC)cc2P)CC1. The standard InChI is InChI=1S/C19H24NO6P/c1-3-25-18(23)19(8-9-20)6-4-12(5-7-19)26-15-10-13(17(21)22)14(24-2)11-16(15)27/h10-12H,3-8,27H2,1-2H3,(H,21,22)/t12-,19-. The Kier molecular flexibility index (Phi) is 7.04. The topological polar surface area (TPSA) is 106 Å². The molecular formula is C19H24NO6P. The zero-order valence-corrected chi connectivity index (χ0v) is 16.6. The van der Waals surface area contributed by atoms with Crippen LogP contribution in [0.4, 0.5) is 0 Å². The van der Waals surface area contributed by atoms with Gasteiger partial charge in [-0.1, -0.05) is 0 Å². The summed E-state index contributed by atoms with van der Waals surface area (Å²) in [6, 6.07) is 5.15. The van der Waals surface area contributed by atoms with Crippen molar-refractivity contribution in [2.45, 2.75) is 45.1 Å². The lowest BCUT2D eigenvalue weighted by Gasteiger charge is -2.36. The third-order valence-corrected chi connectivity index (χ3v) is 5.32. The van der Waals surface area contributed by atoms with Gasteiger partial charge in [0.1, 0.15) is 17.1 Å². The number of methoxy groups -OCH3 is 1. The lowest BCUT2D eigenvalue weighted by atomic mass is 9.71. The molecule has 1 aliphatic rings. The predicted molar refractivity (Wildman–Crippen MR) is 101 cm³/mol. The van der Waals surface area contributed by atoms with Crippen molar-refractivity contribution in [3.63, 3.8) is 0 Å². The minimum Gasteiger partial charge on any atom is -0.496 e. The Balaban J connectivity index is 2.13. The van der Waals surface area contributed by atoms with Gasteiger partial charge in [0, 0.05) is 5.30 Å². The molecule has 1 unspecified atom stereocenters. The van der Waals surface area contributed by atoms with Crippen molar-refractivity contribution in [2.24, 2.45) is 5.41 Å². The van der Waals surface area contributed by atoms with Crippen molar-refractivity contribution in [3.8, 4) is 17.6 Å². The van der Waals surface area contributed by atoms with Crippen LogP contribution in [0.5, 0.6) is 11.5 Å². The Morgan fingerprint density at radius 2 is 2.00 bits per heavy atom. The third-order valence-electron chi connectivity index (χ3n) is 4.87. The Morgan fingerprint density at radius 1 is 1.33 bits per heavy atom. The fraction of sp³-hybridized carbons (Fsp3) is 0.526. The number of benzene rings is 1.